The molecule has 0 heterocycles. The number of hydrogen-bond donors (Lipinski definition) is 0. The molecule has 1 heteroatoms. The van der Waals surface area contributed by atoms with Crippen LogP contribution in [0, 0.1) is 28.6 Å². The van der Waals surface area contributed by atoms with Crippen molar-refractivity contribution in [1.82, 2.24) is 0 Å². The molecular weight excluding hydrogens is 110 g/mol. The molecule has 9 heavy (non-hydrogen) atoms. The average Bonchev–Trinajstić information content (AvgIpc) is 2.63. The van der Waals surface area contributed by atoms with Gasteiger partial charge in [-0.2, -0.15) is 5.26 Å². The van der Waals surface area contributed by atoms with E-state index in [9.17, 15) is 0 Å². The van der Waals surface area contributed by atoms with Crippen LogP contribution >= 0.6 is 0 Å². The Labute approximate surface area is 55.7 Å². The SMILES string of the molecule is CC1CC1C1(C#N)CC1. The van der Waals surface area contributed by atoms with Crippen LogP contribution in [0.1, 0.15) is 26.2 Å². The van der Waals surface area contributed by atoms with Crippen LogP contribution in [0.25, 0.3) is 0 Å². The van der Waals surface area contributed by atoms with Crippen LogP contribution in [0.2, 0.25) is 0 Å². The molecule has 1 nitrogen and oxygen atoms in total. The van der Waals surface area contributed by atoms with Gasteiger partial charge in [-0.05, 0) is 31.1 Å². The topological polar surface area (TPSA) is 23.8 Å². The minimum Gasteiger partial charge on any atom is -0.198 e. The Morgan fingerprint density at radius 1 is 1.56 bits per heavy atom. The Morgan fingerprint density at radius 2 is 2.11 bits per heavy atom. The van der Waals surface area contributed by atoms with Gasteiger partial charge in [-0.3, -0.25) is 0 Å². The lowest BCUT2D eigenvalue weighted by atomic mass is 10.0. The van der Waals surface area contributed by atoms with E-state index >= 15 is 0 Å². The van der Waals surface area contributed by atoms with Gasteiger partial charge in [0.2, 0.25) is 0 Å². The maximum atomic E-state index is 8.73. The molecule has 0 aromatic rings. The summed E-state index contributed by atoms with van der Waals surface area (Å²) in [6, 6.07) is 2.44. The van der Waals surface area contributed by atoms with Crippen LogP contribution in [0.15, 0.2) is 0 Å². The van der Waals surface area contributed by atoms with Gasteiger partial charge in [0.15, 0.2) is 0 Å². The summed E-state index contributed by atoms with van der Waals surface area (Å²) in [6.07, 6.45) is 3.67. The van der Waals surface area contributed by atoms with E-state index in [4.69, 9.17) is 5.26 Å². The van der Waals surface area contributed by atoms with Crippen molar-refractivity contribution in [3.05, 3.63) is 0 Å². The van der Waals surface area contributed by atoms with Crippen LogP contribution < -0.4 is 0 Å². The molecule has 2 atom stereocenters. The first-order valence-corrected chi connectivity index (χ1v) is 3.70. The van der Waals surface area contributed by atoms with Gasteiger partial charge in [0.1, 0.15) is 0 Å². The monoisotopic (exact) mass is 121 g/mol. The molecule has 0 aliphatic heterocycles. The fourth-order valence-electron chi connectivity index (χ4n) is 1.79. The molecule has 0 aromatic heterocycles. The van der Waals surface area contributed by atoms with Crippen molar-refractivity contribution in [2.24, 2.45) is 17.3 Å². The molecule has 0 spiro atoms. The van der Waals surface area contributed by atoms with Crippen LogP contribution in [-0.4, -0.2) is 0 Å². The first-order chi connectivity index (χ1) is 4.28. The summed E-state index contributed by atoms with van der Waals surface area (Å²) >= 11 is 0. The van der Waals surface area contributed by atoms with Crippen molar-refractivity contribution in [2.75, 3.05) is 0 Å². The van der Waals surface area contributed by atoms with Crippen molar-refractivity contribution in [1.29, 1.82) is 5.26 Å². The molecule has 0 amide bonds. The van der Waals surface area contributed by atoms with Gasteiger partial charge in [-0.15, -0.1) is 0 Å². The predicted octanol–water partition coefficient (Wildman–Crippen LogP) is 1.95. The Kier molecular flexibility index (Phi) is 0.773. The quantitative estimate of drug-likeness (QED) is 0.520. The molecule has 2 fully saturated rings. The highest BCUT2D eigenvalue weighted by molar-refractivity contribution is 5.18. The second kappa shape index (κ2) is 1.31. The fraction of sp³-hybridized carbons (Fsp3) is 0.875. The highest BCUT2D eigenvalue weighted by atomic mass is 14.6. The molecular formula is C8H11N. The van der Waals surface area contributed by atoms with E-state index in [1.54, 1.807) is 0 Å². The summed E-state index contributed by atoms with van der Waals surface area (Å²) in [4.78, 5) is 0. The summed E-state index contributed by atoms with van der Waals surface area (Å²) < 4.78 is 0. The average molecular weight is 121 g/mol. The number of hydrogen-bond acceptors (Lipinski definition) is 1. The Balaban J connectivity index is 2.08. The smallest absolute Gasteiger partial charge is 0.0692 e. The highest BCUT2D eigenvalue weighted by Gasteiger charge is 2.58. The molecule has 0 radical (unpaired) electrons. The summed E-state index contributed by atoms with van der Waals surface area (Å²) in [5.41, 5.74) is 0.180. The van der Waals surface area contributed by atoms with Gasteiger partial charge in [0.25, 0.3) is 0 Å². The van der Waals surface area contributed by atoms with E-state index in [1.165, 1.54) is 19.3 Å². The molecule has 0 N–H and O–H groups in total. The van der Waals surface area contributed by atoms with Gasteiger partial charge < -0.3 is 0 Å². The first-order valence-electron chi connectivity index (χ1n) is 3.70. The second-order valence-electron chi connectivity index (χ2n) is 3.59. The summed E-state index contributed by atoms with van der Waals surface area (Å²) in [5.74, 6) is 1.63. The Bertz CT molecular complexity index is 173. The first kappa shape index (κ1) is 5.29. The van der Waals surface area contributed by atoms with E-state index in [1.807, 2.05) is 0 Å². The van der Waals surface area contributed by atoms with E-state index in [-0.39, 0.29) is 5.41 Å². The predicted molar refractivity (Wildman–Crippen MR) is 34.6 cm³/mol. The Morgan fingerprint density at radius 3 is 2.22 bits per heavy atom. The van der Waals surface area contributed by atoms with Crippen LogP contribution in [0.5, 0.6) is 0 Å². The molecule has 0 saturated heterocycles. The number of nitrogens with zero attached hydrogens (tertiary/aromatic N) is 1. The minimum atomic E-state index is 0.180. The van der Waals surface area contributed by atoms with Gasteiger partial charge in [0.05, 0.1) is 11.5 Å². The molecule has 0 aromatic carbocycles. The van der Waals surface area contributed by atoms with Crippen molar-refractivity contribution in [3.8, 4) is 6.07 Å². The molecule has 0 bridgehead atoms. The fourth-order valence-corrected chi connectivity index (χ4v) is 1.79. The third kappa shape index (κ3) is 0.594. The van der Waals surface area contributed by atoms with Gasteiger partial charge in [-0.1, -0.05) is 6.92 Å². The van der Waals surface area contributed by atoms with Crippen LogP contribution in [-0.2, 0) is 0 Å². The van der Waals surface area contributed by atoms with Gasteiger partial charge in [-0.25, -0.2) is 0 Å². The van der Waals surface area contributed by atoms with E-state index < -0.39 is 0 Å². The summed E-state index contributed by atoms with van der Waals surface area (Å²) in [6.45, 7) is 2.25. The minimum absolute atomic E-state index is 0.180. The lowest BCUT2D eigenvalue weighted by Gasteiger charge is -1.99. The molecule has 2 aliphatic rings. The van der Waals surface area contributed by atoms with Crippen LogP contribution in [0.4, 0.5) is 0 Å². The maximum absolute atomic E-state index is 8.73. The third-order valence-corrected chi connectivity index (χ3v) is 2.83. The van der Waals surface area contributed by atoms with Gasteiger partial charge in [0, 0.05) is 0 Å². The zero-order valence-corrected chi connectivity index (χ0v) is 5.72. The normalized spacial score (nSPS) is 43.6. The molecule has 2 rings (SSSR count). The third-order valence-electron chi connectivity index (χ3n) is 2.83. The zero-order chi connectivity index (χ0) is 6.48. The van der Waals surface area contributed by atoms with Crippen molar-refractivity contribution in [3.63, 3.8) is 0 Å². The Hall–Kier alpha value is -0.510. The van der Waals surface area contributed by atoms with Crippen molar-refractivity contribution >= 4 is 0 Å². The van der Waals surface area contributed by atoms with Crippen molar-refractivity contribution < 1.29 is 0 Å². The molecule has 2 unspecified atom stereocenters. The highest BCUT2D eigenvalue weighted by Crippen LogP contribution is 2.63. The zero-order valence-electron chi connectivity index (χ0n) is 5.72. The maximum Gasteiger partial charge on any atom is 0.0692 e. The standard InChI is InChI=1S/C8H11N/c1-6-4-7(6)8(5-9)2-3-8/h6-7H,2-4H2,1H3. The molecule has 48 valence electrons. The van der Waals surface area contributed by atoms with Gasteiger partial charge >= 0.3 is 0 Å². The van der Waals surface area contributed by atoms with E-state index in [0.29, 0.717) is 0 Å². The van der Waals surface area contributed by atoms with Crippen molar-refractivity contribution in [2.45, 2.75) is 26.2 Å². The van der Waals surface area contributed by atoms with Crippen LogP contribution in [0.3, 0.4) is 0 Å². The summed E-state index contributed by atoms with van der Waals surface area (Å²) in [7, 11) is 0. The second-order valence-corrected chi connectivity index (χ2v) is 3.59. The number of nitriles is 1. The summed E-state index contributed by atoms with van der Waals surface area (Å²) in [5, 5.41) is 8.73. The van der Waals surface area contributed by atoms with E-state index in [0.717, 1.165) is 11.8 Å². The largest absolute Gasteiger partial charge is 0.198 e. The molecule has 2 aliphatic carbocycles. The lowest BCUT2D eigenvalue weighted by molar-refractivity contribution is 0.537. The lowest BCUT2D eigenvalue weighted by Crippen LogP contribution is -1.99. The number of rotatable bonds is 1. The van der Waals surface area contributed by atoms with E-state index in [2.05, 4.69) is 13.0 Å². The molecule has 2 saturated carbocycles.